The largest absolute Gasteiger partial charge is 0.417 e. The number of fused-ring (bicyclic) bond motifs is 1. The molecule has 1 saturated carbocycles. The van der Waals surface area contributed by atoms with Crippen molar-refractivity contribution >= 4 is 27.0 Å². The van der Waals surface area contributed by atoms with Gasteiger partial charge in [0.2, 0.25) is 0 Å². The normalized spacial score (nSPS) is 18.6. The van der Waals surface area contributed by atoms with Gasteiger partial charge in [0.1, 0.15) is 0 Å². The zero-order valence-corrected chi connectivity index (χ0v) is 10.3. The fraction of sp³-hybridized carbons (Fsp3) is 0.417. The quantitative estimate of drug-likeness (QED) is 0.858. The van der Waals surface area contributed by atoms with Gasteiger partial charge in [0.15, 0.2) is 5.58 Å². The van der Waals surface area contributed by atoms with Crippen molar-refractivity contribution in [3.8, 4) is 0 Å². The van der Waals surface area contributed by atoms with Crippen LogP contribution in [0.2, 0.25) is 0 Å². The molecule has 0 amide bonds. The Morgan fingerprint density at radius 1 is 1.44 bits per heavy atom. The average molecular weight is 282 g/mol. The van der Waals surface area contributed by atoms with Gasteiger partial charge in [-0.25, -0.2) is 4.79 Å². The molecule has 3 rings (SSSR count). The molecule has 1 fully saturated rings. The zero-order chi connectivity index (χ0) is 11.1. The lowest BCUT2D eigenvalue weighted by molar-refractivity contribution is 0.312. The molecule has 0 spiro atoms. The molecule has 1 heterocycles. The first-order valence-corrected chi connectivity index (χ1v) is 6.42. The summed E-state index contributed by atoms with van der Waals surface area (Å²) in [6, 6.07) is 5.90. The summed E-state index contributed by atoms with van der Waals surface area (Å²) in [5, 5.41) is 0. The number of aromatic nitrogens is 1. The van der Waals surface area contributed by atoms with Crippen LogP contribution in [-0.4, -0.2) is 4.98 Å². The van der Waals surface area contributed by atoms with Crippen molar-refractivity contribution in [2.75, 3.05) is 0 Å². The van der Waals surface area contributed by atoms with Gasteiger partial charge in [-0.15, -0.1) is 0 Å². The summed E-state index contributed by atoms with van der Waals surface area (Å²) in [6.07, 6.45) is 3.89. The molecule has 1 atom stereocenters. The number of hydrogen-bond donors (Lipinski definition) is 1. The molecule has 0 radical (unpaired) electrons. The highest BCUT2D eigenvalue weighted by molar-refractivity contribution is 9.09. The van der Waals surface area contributed by atoms with E-state index >= 15 is 0 Å². The fourth-order valence-electron chi connectivity index (χ4n) is 2.14. The molecule has 0 aliphatic heterocycles. The molecule has 84 valence electrons. The topological polar surface area (TPSA) is 46.0 Å². The Morgan fingerprint density at radius 2 is 2.25 bits per heavy atom. The van der Waals surface area contributed by atoms with Gasteiger partial charge in [-0.3, -0.25) is 4.98 Å². The summed E-state index contributed by atoms with van der Waals surface area (Å²) in [5.74, 6) is 0.338. The van der Waals surface area contributed by atoms with Crippen LogP contribution < -0.4 is 5.76 Å². The lowest BCUT2D eigenvalue weighted by Gasteiger charge is -2.30. The maximum absolute atomic E-state index is 11.0. The predicted octanol–water partition coefficient (Wildman–Crippen LogP) is 3.36. The summed E-state index contributed by atoms with van der Waals surface area (Å²) in [5.41, 5.74) is 2.60. The summed E-state index contributed by atoms with van der Waals surface area (Å²) in [7, 11) is 0. The van der Waals surface area contributed by atoms with Crippen LogP contribution >= 0.6 is 15.9 Å². The number of benzene rings is 1. The van der Waals surface area contributed by atoms with Crippen molar-refractivity contribution in [1.82, 2.24) is 4.98 Å². The first-order chi connectivity index (χ1) is 7.74. The highest BCUT2D eigenvalue weighted by Gasteiger charge is 2.26. The maximum atomic E-state index is 11.0. The van der Waals surface area contributed by atoms with Crippen LogP contribution in [0.5, 0.6) is 0 Å². The molecular formula is C12H12BrNO2. The smallest absolute Gasteiger partial charge is 0.408 e. The Labute approximate surface area is 101 Å². The molecule has 1 aliphatic carbocycles. The second-order valence-electron chi connectivity index (χ2n) is 4.36. The van der Waals surface area contributed by atoms with E-state index < -0.39 is 0 Å². The van der Waals surface area contributed by atoms with E-state index in [1.165, 1.54) is 24.8 Å². The Hall–Kier alpha value is -1.03. The molecule has 1 unspecified atom stereocenters. The molecule has 3 nitrogen and oxygen atoms in total. The molecular weight excluding hydrogens is 270 g/mol. The van der Waals surface area contributed by atoms with E-state index in [0.29, 0.717) is 10.4 Å². The molecule has 4 heteroatoms. The molecule has 1 aromatic carbocycles. The first-order valence-electron chi connectivity index (χ1n) is 5.51. The van der Waals surface area contributed by atoms with Gasteiger partial charge in [-0.05, 0) is 36.5 Å². The van der Waals surface area contributed by atoms with E-state index in [1.54, 1.807) is 0 Å². The van der Waals surface area contributed by atoms with Gasteiger partial charge in [0.25, 0.3) is 0 Å². The summed E-state index contributed by atoms with van der Waals surface area (Å²) < 4.78 is 5.06. The van der Waals surface area contributed by atoms with Gasteiger partial charge >= 0.3 is 5.76 Å². The van der Waals surface area contributed by atoms with Crippen LogP contribution in [0.25, 0.3) is 11.1 Å². The molecule has 1 aromatic heterocycles. The Morgan fingerprint density at radius 3 is 2.94 bits per heavy atom. The standard InChI is InChI=1S/C12H12BrNO2/c13-11(7-2-1-3-7)8-4-5-9-10(6-8)16-12(15)14-9/h4-7,11H,1-3H2,(H,14,15). The van der Waals surface area contributed by atoms with Crippen LogP contribution in [-0.2, 0) is 0 Å². The number of rotatable bonds is 2. The van der Waals surface area contributed by atoms with Gasteiger partial charge < -0.3 is 4.42 Å². The summed E-state index contributed by atoms with van der Waals surface area (Å²) in [4.78, 5) is 14.1. The Kier molecular flexibility index (Phi) is 2.39. The first kappa shape index (κ1) is 10.1. The second kappa shape index (κ2) is 3.77. The number of halogens is 1. The van der Waals surface area contributed by atoms with E-state index in [0.717, 1.165) is 11.4 Å². The van der Waals surface area contributed by atoms with Crippen LogP contribution in [0.4, 0.5) is 0 Å². The molecule has 16 heavy (non-hydrogen) atoms. The van der Waals surface area contributed by atoms with Gasteiger partial charge in [0, 0.05) is 4.83 Å². The Bertz CT molecular complexity index is 568. The van der Waals surface area contributed by atoms with E-state index in [2.05, 4.69) is 20.9 Å². The van der Waals surface area contributed by atoms with E-state index in [9.17, 15) is 4.79 Å². The average Bonchev–Trinajstić information content (AvgIpc) is 2.53. The van der Waals surface area contributed by atoms with Crippen LogP contribution in [0.1, 0.15) is 29.7 Å². The summed E-state index contributed by atoms with van der Waals surface area (Å²) in [6.45, 7) is 0. The van der Waals surface area contributed by atoms with Crippen LogP contribution in [0.15, 0.2) is 27.4 Å². The van der Waals surface area contributed by atoms with Crippen molar-refractivity contribution < 1.29 is 4.42 Å². The maximum Gasteiger partial charge on any atom is 0.417 e. The molecule has 1 N–H and O–H groups in total. The second-order valence-corrected chi connectivity index (χ2v) is 5.35. The number of hydrogen-bond acceptors (Lipinski definition) is 2. The molecule has 0 bridgehead atoms. The van der Waals surface area contributed by atoms with E-state index in [-0.39, 0.29) is 5.76 Å². The molecule has 1 aliphatic rings. The van der Waals surface area contributed by atoms with E-state index in [1.807, 2.05) is 18.2 Å². The van der Waals surface area contributed by atoms with Crippen molar-refractivity contribution in [1.29, 1.82) is 0 Å². The Balaban J connectivity index is 2.00. The third-order valence-corrected chi connectivity index (χ3v) is 4.60. The zero-order valence-electron chi connectivity index (χ0n) is 8.70. The number of oxazole rings is 1. The highest BCUT2D eigenvalue weighted by atomic mass is 79.9. The van der Waals surface area contributed by atoms with Crippen molar-refractivity contribution in [3.63, 3.8) is 0 Å². The third kappa shape index (κ3) is 1.61. The van der Waals surface area contributed by atoms with Gasteiger partial charge in [0.05, 0.1) is 5.52 Å². The number of alkyl halides is 1. The minimum absolute atomic E-state index is 0.380. The summed E-state index contributed by atoms with van der Waals surface area (Å²) >= 11 is 3.73. The monoisotopic (exact) mass is 281 g/mol. The minimum atomic E-state index is -0.387. The lowest BCUT2D eigenvalue weighted by Crippen LogP contribution is -2.16. The van der Waals surface area contributed by atoms with Crippen LogP contribution in [0.3, 0.4) is 0 Å². The predicted molar refractivity (Wildman–Crippen MR) is 65.8 cm³/mol. The fourth-order valence-corrected chi connectivity index (χ4v) is 2.95. The molecule has 0 saturated heterocycles. The lowest BCUT2D eigenvalue weighted by atomic mass is 9.81. The van der Waals surface area contributed by atoms with Crippen molar-refractivity contribution in [3.05, 3.63) is 34.3 Å². The van der Waals surface area contributed by atoms with Crippen LogP contribution in [0, 0.1) is 5.92 Å². The highest BCUT2D eigenvalue weighted by Crippen LogP contribution is 2.43. The van der Waals surface area contributed by atoms with Crippen molar-refractivity contribution in [2.24, 2.45) is 5.92 Å². The number of aromatic amines is 1. The van der Waals surface area contributed by atoms with Crippen molar-refractivity contribution in [2.45, 2.75) is 24.1 Å². The number of nitrogens with one attached hydrogen (secondary N) is 1. The van der Waals surface area contributed by atoms with E-state index in [4.69, 9.17) is 4.42 Å². The minimum Gasteiger partial charge on any atom is -0.408 e. The van der Waals surface area contributed by atoms with Gasteiger partial charge in [-0.2, -0.15) is 0 Å². The van der Waals surface area contributed by atoms with Gasteiger partial charge in [-0.1, -0.05) is 28.4 Å². The SMILES string of the molecule is O=c1[nH]c2ccc(C(Br)C3CCC3)cc2o1. The molecule has 2 aromatic rings. The number of H-pyrrole nitrogens is 1. The third-order valence-electron chi connectivity index (χ3n) is 3.33.